The van der Waals surface area contributed by atoms with Crippen LogP contribution in [0.1, 0.15) is 52.0 Å². The predicted octanol–water partition coefficient (Wildman–Crippen LogP) is 6.31. The van der Waals surface area contributed by atoms with Crippen LogP contribution in [0.15, 0.2) is 77.0 Å². The average Bonchev–Trinajstić information content (AvgIpc) is 2.95. The smallest absolute Gasteiger partial charge is 0.180 e. The zero-order valence-electron chi connectivity index (χ0n) is 24.8. The van der Waals surface area contributed by atoms with Crippen molar-refractivity contribution in [3.8, 4) is 23.0 Å². The molecule has 2 aromatic carbocycles. The minimum Gasteiger partial charge on any atom is -2.00 e. The number of hydrogen-bond acceptors (Lipinski definition) is 7. The summed E-state index contributed by atoms with van der Waals surface area (Å²) in [4.78, 5) is 13.1. The Morgan fingerprint density at radius 2 is 1.21 bits per heavy atom. The fraction of sp³-hybridized carbons (Fsp3) is 0.367. The van der Waals surface area contributed by atoms with Gasteiger partial charge in [-0.1, -0.05) is 89.5 Å². The van der Waals surface area contributed by atoms with Gasteiger partial charge >= 0.3 is 0 Å². The molecule has 1 aromatic heterocycles. The van der Waals surface area contributed by atoms with E-state index in [9.17, 15) is 10.2 Å². The van der Waals surface area contributed by atoms with Crippen LogP contribution in [-0.4, -0.2) is 47.0 Å². The van der Waals surface area contributed by atoms with Gasteiger partial charge in [0.25, 0.3) is 0 Å². The minimum absolute atomic E-state index is 0. The fourth-order valence-electron chi connectivity index (χ4n) is 3.91. The number of alkyl halides is 3. The molecule has 0 saturated heterocycles. The maximum absolute atomic E-state index is 12.5. The third-order valence-corrected chi connectivity index (χ3v) is 5.69. The first kappa shape index (κ1) is 41.0. The molecule has 0 bridgehead atoms. The van der Waals surface area contributed by atoms with Crippen LogP contribution < -0.4 is 19.7 Å². The van der Waals surface area contributed by atoms with Gasteiger partial charge in [-0.25, -0.2) is 0 Å². The first-order valence-electron chi connectivity index (χ1n) is 13.5. The van der Waals surface area contributed by atoms with E-state index in [4.69, 9.17) is 45.6 Å². The molecule has 236 valence electrons. The second-order valence-electron chi connectivity index (χ2n) is 8.43. The standard InChI is InChI=1S/C24H30N2O4.C5H5N.CHCl3.2O.U/c1-3-29-21-13-7-9-17(23(21)27)15-25-19-11-5-6-12-20(19)26-16-18-10-8-14-22(24(18)28)30-4-2;1-2-4-6-5-3-1;2-1(3)4;;;/h7-10,13-16,19-20,27-28H,3-6,11-12H2,1-2H3;1-5H;1H;;;/q;;;2*-2;/p-2/t19-,20-;;;;;/m1...../s1/i;;1D;;;. The molecule has 1 saturated carbocycles. The number of halogens is 3. The summed E-state index contributed by atoms with van der Waals surface area (Å²) in [7, 11) is 0. The van der Waals surface area contributed by atoms with Gasteiger partial charge in [-0.15, -0.1) is 0 Å². The summed E-state index contributed by atoms with van der Waals surface area (Å²) >= 11 is 14.2. The molecule has 3 aromatic rings. The summed E-state index contributed by atoms with van der Waals surface area (Å²) in [6.45, 7) is 4.59. The average molecular weight is 878 g/mol. The maximum Gasteiger partial charge on any atom is 0.180 e. The third-order valence-electron chi connectivity index (χ3n) is 5.69. The molecular formula is C30H34Cl3N3O6U-6. The van der Waals surface area contributed by atoms with Gasteiger partial charge < -0.3 is 30.6 Å². The van der Waals surface area contributed by atoms with Gasteiger partial charge in [0.1, 0.15) is 11.5 Å². The van der Waals surface area contributed by atoms with E-state index in [1.54, 1.807) is 61.2 Å². The molecule has 1 aliphatic carbocycles. The quantitative estimate of drug-likeness (QED) is 0.191. The van der Waals surface area contributed by atoms with Crippen molar-refractivity contribution < 1.29 is 63.1 Å². The Bertz CT molecular complexity index is 1130. The maximum atomic E-state index is 12.5. The summed E-state index contributed by atoms with van der Waals surface area (Å²) in [5.41, 5.74) is 1.03. The molecule has 0 spiro atoms. The fourth-order valence-corrected chi connectivity index (χ4v) is 3.91. The Balaban J connectivity index is 0. The van der Waals surface area contributed by atoms with Crippen molar-refractivity contribution in [3.63, 3.8) is 0 Å². The SMILES string of the molecule is CCOc1cccc(C=N[C@@H]2CCCC[C@H]2N=Cc2cccc(OCC)c2[O-])c1[O-].[2H]C(Cl)(Cl)Cl.[O-2].[O-2].[U].c1ccncc1. The summed E-state index contributed by atoms with van der Waals surface area (Å²) < 4.78 is 15.2. The molecule has 9 nitrogen and oxygen atoms in total. The number of ether oxygens (including phenoxy) is 2. The number of pyridine rings is 1. The molecule has 0 N–H and O–H groups in total. The van der Waals surface area contributed by atoms with E-state index in [1.165, 1.54) is 0 Å². The topological polar surface area (TPSA) is 159 Å². The van der Waals surface area contributed by atoms with Crippen LogP contribution in [0.3, 0.4) is 0 Å². The molecule has 1 heterocycles. The predicted molar refractivity (Wildman–Crippen MR) is 162 cm³/mol. The van der Waals surface area contributed by atoms with E-state index in [0.29, 0.717) is 35.8 Å². The van der Waals surface area contributed by atoms with Crippen molar-refractivity contribution in [2.45, 2.75) is 55.9 Å². The second kappa shape index (κ2) is 25.3. The monoisotopic (exact) mass is 876 g/mol. The molecule has 0 radical (unpaired) electrons. The van der Waals surface area contributed by atoms with Crippen molar-refractivity contribution in [2.75, 3.05) is 13.2 Å². The first-order valence-corrected chi connectivity index (χ1v) is 14.1. The van der Waals surface area contributed by atoms with E-state index < -0.39 is 4.27 Å². The van der Waals surface area contributed by atoms with Gasteiger partial charge in [-0.05, 0) is 62.1 Å². The van der Waals surface area contributed by atoms with Crippen LogP contribution in [0, 0.1) is 31.1 Å². The number of hydrogen-bond donors (Lipinski definition) is 0. The van der Waals surface area contributed by atoms with Gasteiger partial charge in [0, 0.05) is 55.9 Å². The molecular weight excluding hydrogens is 843 g/mol. The molecule has 43 heavy (non-hydrogen) atoms. The molecule has 1 aliphatic rings. The zero-order chi connectivity index (χ0) is 30.1. The number of para-hydroxylation sites is 2. The van der Waals surface area contributed by atoms with Crippen molar-refractivity contribution in [3.05, 3.63) is 78.1 Å². The van der Waals surface area contributed by atoms with Crippen LogP contribution in [0.5, 0.6) is 23.0 Å². The molecule has 0 amide bonds. The number of benzene rings is 2. The van der Waals surface area contributed by atoms with Crippen LogP contribution >= 0.6 is 34.8 Å². The number of nitrogens with zero attached hydrogens (tertiary/aromatic N) is 3. The summed E-state index contributed by atoms with van der Waals surface area (Å²) in [6.07, 6.45) is 10.7. The zero-order valence-corrected chi connectivity index (χ0v) is 30.3. The van der Waals surface area contributed by atoms with E-state index in [0.717, 1.165) is 25.7 Å². The van der Waals surface area contributed by atoms with E-state index in [1.807, 2.05) is 32.0 Å². The number of rotatable bonds is 8. The Morgan fingerprint density at radius 3 is 1.51 bits per heavy atom. The van der Waals surface area contributed by atoms with Gasteiger partial charge in [-0.3, -0.25) is 15.0 Å². The van der Waals surface area contributed by atoms with Crippen molar-refractivity contribution >= 4 is 47.2 Å². The van der Waals surface area contributed by atoms with E-state index in [-0.39, 0.29) is 65.6 Å². The summed E-state index contributed by atoms with van der Waals surface area (Å²) in [6, 6.07) is 16.1. The largest absolute Gasteiger partial charge is 2.00 e. The number of aliphatic imine (C=N–C) groups is 2. The first-order chi connectivity index (χ1) is 19.6. The molecule has 13 heteroatoms. The van der Waals surface area contributed by atoms with Crippen molar-refractivity contribution in [1.29, 1.82) is 0 Å². The Hall–Kier alpha value is -2.03. The van der Waals surface area contributed by atoms with Crippen LogP contribution in [-0.2, 0) is 11.0 Å². The van der Waals surface area contributed by atoms with E-state index >= 15 is 0 Å². The van der Waals surface area contributed by atoms with Crippen molar-refractivity contribution in [1.82, 2.24) is 4.98 Å². The molecule has 1 fully saturated rings. The van der Waals surface area contributed by atoms with Crippen LogP contribution in [0.25, 0.3) is 0 Å². The molecule has 0 aliphatic heterocycles. The van der Waals surface area contributed by atoms with Crippen molar-refractivity contribution in [2.24, 2.45) is 9.98 Å². The second-order valence-corrected chi connectivity index (χ2v) is 10.1. The van der Waals surface area contributed by atoms with Crippen LogP contribution in [0.4, 0.5) is 0 Å². The van der Waals surface area contributed by atoms with Gasteiger partial charge in [0.05, 0.1) is 26.7 Å². The van der Waals surface area contributed by atoms with Crippen LogP contribution in [0.2, 0.25) is 0 Å². The Kier molecular flexibility index (Phi) is 24.1. The molecule has 2 atom stereocenters. The molecule has 4 rings (SSSR count). The molecule has 0 unspecified atom stereocenters. The van der Waals surface area contributed by atoms with Gasteiger partial charge in [0.15, 0.2) is 4.27 Å². The van der Waals surface area contributed by atoms with E-state index in [2.05, 4.69) is 15.0 Å². The third kappa shape index (κ3) is 16.6. The Morgan fingerprint density at radius 1 is 0.814 bits per heavy atom. The number of aromatic nitrogens is 1. The van der Waals surface area contributed by atoms with Gasteiger partial charge in [-0.2, -0.15) is 0 Å². The van der Waals surface area contributed by atoms with Gasteiger partial charge in [0.2, 0.25) is 0 Å². The Labute approximate surface area is 293 Å². The minimum atomic E-state index is -1.83. The summed E-state index contributed by atoms with van der Waals surface area (Å²) in [5, 5.41) is 24.9. The normalized spacial score (nSPS) is 16.1. The summed E-state index contributed by atoms with van der Waals surface area (Å²) in [5.74, 6) is 0.388.